The Balaban J connectivity index is 1.80. The Morgan fingerprint density at radius 3 is 2.48 bits per heavy atom. The van der Waals surface area contributed by atoms with Crippen molar-refractivity contribution < 1.29 is 14.3 Å². The van der Waals surface area contributed by atoms with Gasteiger partial charge in [0.05, 0.1) is 12.3 Å². The Kier molecular flexibility index (Phi) is 5.52. The molecule has 0 bridgehead atoms. The molecule has 0 spiro atoms. The Morgan fingerprint density at radius 1 is 1.00 bits per heavy atom. The van der Waals surface area contributed by atoms with E-state index in [2.05, 4.69) is 13.0 Å². The molecule has 29 heavy (non-hydrogen) atoms. The fourth-order valence-corrected chi connectivity index (χ4v) is 4.55. The summed E-state index contributed by atoms with van der Waals surface area (Å²) in [6.07, 6.45) is 3.28. The predicted molar refractivity (Wildman–Crippen MR) is 114 cm³/mol. The maximum Gasteiger partial charge on any atom is 0.232 e. The Morgan fingerprint density at radius 2 is 1.76 bits per heavy atom. The van der Waals surface area contributed by atoms with Crippen LogP contribution in [0.15, 0.2) is 59.8 Å². The van der Waals surface area contributed by atoms with Crippen LogP contribution in [0.1, 0.15) is 56.6 Å². The monoisotopic (exact) mass is 389 g/mol. The van der Waals surface area contributed by atoms with Crippen molar-refractivity contribution in [1.82, 2.24) is 0 Å². The molecule has 4 nitrogen and oxygen atoms in total. The highest BCUT2D eigenvalue weighted by Crippen LogP contribution is 2.44. The maximum absolute atomic E-state index is 13.3. The van der Waals surface area contributed by atoms with E-state index in [0.29, 0.717) is 19.4 Å². The van der Waals surface area contributed by atoms with Crippen molar-refractivity contribution in [2.75, 3.05) is 11.5 Å². The molecule has 2 aliphatic rings. The number of carbonyl (C=O) groups excluding carboxylic acids is 2. The van der Waals surface area contributed by atoms with E-state index in [1.54, 1.807) is 0 Å². The van der Waals surface area contributed by atoms with Gasteiger partial charge in [0.15, 0.2) is 5.78 Å². The van der Waals surface area contributed by atoms with Crippen LogP contribution < -0.4 is 9.64 Å². The van der Waals surface area contributed by atoms with Gasteiger partial charge in [0, 0.05) is 30.0 Å². The molecule has 0 saturated carbocycles. The molecule has 4 rings (SSSR count). The second-order valence-electron chi connectivity index (χ2n) is 7.61. The predicted octanol–water partition coefficient (Wildman–Crippen LogP) is 5.18. The summed E-state index contributed by atoms with van der Waals surface area (Å²) in [5.74, 6) is 0.877. The number of Topliss-reactive ketones (excluding diaryl/α,β-unsaturated/α-hetero) is 1. The van der Waals surface area contributed by atoms with Gasteiger partial charge in [-0.15, -0.1) is 0 Å². The van der Waals surface area contributed by atoms with Gasteiger partial charge in [-0.25, -0.2) is 0 Å². The number of allylic oxidation sites excluding steroid dienone is 2. The van der Waals surface area contributed by atoms with E-state index in [1.807, 2.05) is 54.3 Å². The van der Waals surface area contributed by atoms with Crippen LogP contribution in [0.25, 0.3) is 0 Å². The van der Waals surface area contributed by atoms with Gasteiger partial charge in [0.25, 0.3) is 0 Å². The van der Waals surface area contributed by atoms with Crippen molar-refractivity contribution in [2.24, 2.45) is 0 Å². The van der Waals surface area contributed by atoms with Crippen molar-refractivity contribution >= 4 is 17.4 Å². The summed E-state index contributed by atoms with van der Waals surface area (Å²) in [6.45, 7) is 4.66. The van der Waals surface area contributed by atoms with Gasteiger partial charge in [-0.3, -0.25) is 14.5 Å². The van der Waals surface area contributed by atoms with Crippen molar-refractivity contribution in [2.45, 2.75) is 51.9 Å². The van der Waals surface area contributed by atoms with Gasteiger partial charge >= 0.3 is 0 Å². The van der Waals surface area contributed by atoms with Gasteiger partial charge in [-0.1, -0.05) is 37.3 Å². The number of anilines is 1. The fraction of sp³-hybridized carbons (Fsp3) is 0.360. The van der Waals surface area contributed by atoms with E-state index in [0.717, 1.165) is 53.1 Å². The molecule has 0 radical (unpaired) electrons. The standard InChI is InChI=1S/C25H27NO3/c1-3-17-8-5-6-9-21(17)26-22-10-7-11-23(27)25(22)20(16-24(26)28)18-12-14-19(15-13-18)29-4-2/h5-6,8-9,12-15,20H,3-4,7,10-11,16H2,1-2H3. The van der Waals surface area contributed by atoms with Gasteiger partial charge in [0.1, 0.15) is 5.75 Å². The van der Waals surface area contributed by atoms with E-state index in [9.17, 15) is 9.59 Å². The molecule has 4 heteroatoms. The van der Waals surface area contributed by atoms with Crippen LogP contribution in [-0.4, -0.2) is 18.3 Å². The molecule has 150 valence electrons. The summed E-state index contributed by atoms with van der Waals surface area (Å²) < 4.78 is 5.54. The summed E-state index contributed by atoms with van der Waals surface area (Å²) in [7, 11) is 0. The van der Waals surface area contributed by atoms with Gasteiger partial charge in [0.2, 0.25) is 5.91 Å². The number of carbonyl (C=O) groups is 2. The highest BCUT2D eigenvalue weighted by Gasteiger charge is 2.40. The second kappa shape index (κ2) is 8.24. The number of aryl methyl sites for hydroxylation is 1. The first-order valence-corrected chi connectivity index (χ1v) is 10.5. The minimum Gasteiger partial charge on any atom is -0.494 e. The minimum atomic E-state index is -0.175. The van der Waals surface area contributed by atoms with E-state index in [1.165, 1.54) is 0 Å². The van der Waals surface area contributed by atoms with Crippen molar-refractivity contribution in [3.8, 4) is 5.75 Å². The zero-order valence-electron chi connectivity index (χ0n) is 17.1. The van der Waals surface area contributed by atoms with Gasteiger partial charge in [-0.05, 0) is 55.5 Å². The number of hydrogen-bond donors (Lipinski definition) is 0. The molecule has 1 aliphatic heterocycles. The lowest BCUT2D eigenvalue weighted by Crippen LogP contribution is -2.41. The number of nitrogens with zero attached hydrogens (tertiary/aromatic N) is 1. The first-order valence-electron chi connectivity index (χ1n) is 10.5. The molecule has 1 aliphatic carbocycles. The molecule has 1 atom stereocenters. The average Bonchev–Trinajstić information content (AvgIpc) is 2.74. The number of hydrogen-bond acceptors (Lipinski definition) is 3. The third-order valence-corrected chi connectivity index (χ3v) is 5.88. The number of benzene rings is 2. The lowest BCUT2D eigenvalue weighted by atomic mass is 9.77. The highest BCUT2D eigenvalue weighted by molar-refractivity contribution is 6.07. The van der Waals surface area contributed by atoms with Crippen LogP contribution in [0.5, 0.6) is 5.75 Å². The Bertz CT molecular complexity index is 958. The van der Waals surface area contributed by atoms with Crippen molar-refractivity contribution in [1.29, 1.82) is 0 Å². The van der Waals surface area contributed by atoms with Crippen molar-refractivity contribution in [3.05, 3.63) is 70.9 Å². The van der Waals surface area contributed by atoms with Crippen LogP contribution in [-0.2, 0) is 16.0 Å². The van der Waals surface area contributed by atoms with Crippen LogP contribution in [0.3, 0.4) is 0 Å². The van der Waals surface area contributed by atoms with Gasteiger partial charge in [-0.2, -0.15) is 0 Å². The molecule has 2 aromatic rings. The highest BCUT2D eigenvalue weighted by atomic mass is 16.5. The van der Waals surface area contributed by atoms with Crippen LogP contribution in [0.4, 0.5) is 5.69 Å². The molecule has 0 N–H and O–H groups in total. The Hall–Kier alpha value is -2.88. The van der Waals surface area contributed by atoms with Crippen LogP contribution in [0.2, 0.25) is 0 Å². The molecule has 2 aromatic carbocycles. The number of amides is 1. The molecular weight excluding hydrogens is 362 g/mol. The molecule has 1 amide bonds. The molecular formula is C25H27NO3. The number of rotatable bonds is 5. The largest absolute Gasteiger partial charge is 0.494 e. The topological polar surface area (TPSA) is 46.6 Å². The molecule has 1 heterocycles. The van der Waals surface area contributed by atoms with E-state index < -0.39 is 0 Å². The summed E-state index contributed by atoms with van der Waals surface area (Å²) in [5.41, 5.74) is 4.79. The average molecular weight is 389 g/mol. The van der Waals surface area contributed by atoms with Crippen LogP contribution >= 0.6 is 0 Å². The van der Waals surface area contributed by atoms with E-state index in [4.69, 9.17) is 4.74 Å². The minimum absolute atomic E-state index is 0.0678. The quantitative estimate of drug-likeness (QED) is 0.708. The van der Waals surface area contributed by atoms with Crippen LogP contribution in [0, 0.1) is 0 Å². The fourth-order valence-electron chi connectivity index (χ4n) is 4.55. The number of ketones is 1. The molecule has 1 unspecified atom stereocenters. The summed E-state index contributed by atoms with van der Waals surface area (Å²) in [6, 6.07) is 15.9. The lowest BCUT2D eigenvalue weighted by Gasteiger charge is -2.39. The number of ether oxygens (including phenoxy) is 1. The third kappa shape index (κ3) is 3.59. The summed E-state index contributed by atoms with van der Waals surface area (Å²) in [4.78, 5) is 28.2. The zero-order valence-corrected chi connectivity index (χ0v) is 17.1. The molecule has 0 fully saturated rings. The summed E-state index contributed by atoms with van der Waals surface area (Å²) in [5, 5.41) is 0. The third-order valence-electron chi connectivity index (χ3n) is 5.88. The van der Waals surface area contributed by atoms with Crippen molar-refractivity contribution in [3.63, 3.8) is 0 Å². The summed E-state index contributed by atoms with van der Waals surface area (Å²) >= 11 is 0. The first-order chi connectivity index (χ1) is 14.1. The van der Waals surface area contributed by atoms with Gasteiger partial charge < -0.3 is 4.74 Å². The normalized spacial score (nSPS) is 19.4. The maximum atomic E-state index is 13.3. The first kappa shape index (κ1) is 19.4. The SMILES string of the molecule is CCOc1ccc(C2CC(=O)N(c3ccccc3CC)C3=C2C(=O)CCC3)cc1. The Labute approximate surface area is 172 Å². The van der Waals surface area contributed by atoms with E-state index in [-0.39, 0.29) is 17.6 Å². The zero-order chi connectivity index (χ0) is 20.4. The lowest BCUT2D eigenvalue weighted by molar-refractivity contribution is -0.119. The smallest absolute Gasteiger partial charge is 0.232 e. The molecule has 0 aromatic heterocycles. The number of para-hydroxylation sites is 1. The van der Waals surface area contributed by atoms with E-state index >= 15 is 0 Å². The second-order valence-corrected chi connectivity index (χ2v) is 7.61. The molecule has 0 saturated heterocycles.